The van der Waals surface area contributed by atoms with E-state index >= 15 is 0 Å². The van der Waals surface area contributed by atoms with Crippen LogP contribution in [0.15, 0.2) is 67.0 Å². The molecule has 0 saturated heterocycles. The van der Waals surface area contributed by atoms with Gasteiger partial charge < -0.3 is 34.9 Å². The first-order valence-electron chi connectivity index (χ1n) is 15.4. The zero-order valence-electron chi connectivity index (χ0n) is 27.0. The molecule has 5 rings (SSSR count). The van der Waals surface area contributed by atoms with Crippen LogP contribution in [0.1, 0.15) is 67.8 Å². The SMILES string of the molecule is COC(=O)c1nc(NCC(c2ccccc2)c2ccccc2)c2ncn([C@@H]3C[C@H](NC(=O)C(C)C(=O)OC(C)(C)C)[C@@H](O)[C@H]3O)c2n1. The van der Waals surface area contributed by atoms with E-state index in [1.54, 1.807) is 25.3 Å². The second-order valence-corrected chi connectivity index (χ2v) is 12.6. The van der Waals surface area contributed by atoms with Crippen molar-refractivity contribution in [1.82, 2.24) is 24.8 Å². The normalized spacial score (nSPS) is 20.2. The molecule has 0 bridgehead atoms. The minimum Gasteiger partial charge on any atom is -0.463 e. The van der Waals surface area contributed by atoms with Gasteiger partial charge in [0.25, 0.3) is 0 Å². The minimum absolute atomic E-state index is 0.0645. The summed E-state index contributed by atoms with van der Waals surface area (Å²) in [6.45, 7) is 6.93. The van der Waals surface area contributed by atoms with Gasteiger partial charge in [0.1, 0.15) is 29.2 Å². The molecule has 248 valence electrons. The monoisotopic (exact) mass is 644 g/mol. The molecule has 2 heterocycles. The maximum atomic E-state index is 12.9. The molecule has 2 aromatic heterocycles. The molecule has 1 saturated carbocycles. The number of benzene rings is 2. The summed E-state index contributed by atoms with van der Waals surface area (Å²) in [6.07, 6.45) is -1.15. The zero-order chi connectivity index (χ0) is 33.9. The van der Waals surface area contributed by atoms with Crippen molar-refractivity contribution in [1.29, 1.82) is 0 Å². The number of amides is 1. The number of ether oxygens (including phenoxy) is 2. The molecule has 0 radical (unpaired) electrons. The lowest BCUT2D eigenvalue weighted by Gasteiger charge is -2.23. The third-order valence-electron chi connectivity index (χ3n) is 8.16. The predicted octanol–water partition coefficient (Wildman–Crippen LogP) is 2.99. The lowest BCUT2D eigenvalue weighted by atomic mass is 9.91. The number of imidazole rings is 1. The van der Waals surface area contributed by atoms with Gasteiger partial charge in [0.2, 0.25) is 11.7 Å². The molecule has 1 aliphatic rings. The summed E-state index contributed by atoms with van der Waals surface area (Å²) in [7, 11) is 1.23. The van der Waals surface area contributed by atoms with E-state index in [0.717, 1.165) is 11.1 Å². The highest BCUT2D eigenvalue weighted by Crippen LogP contribution is 2.35. The number of hydrogen-bond acceptors (Lipinski definition) is 11. The Morgan fingerprint density at radius 1 is 0.979 bits per heavy atom. The highest BCUT2D eigenvalue weighted by atomic mass is 16.6. The van der Waals surface area contributed by atoms with Crippen molar-refractivity contribution in [3.05, 3.63) is 83.9 Å². The van der Waals surface area contributed by atoms with Crippen LogP contribution >= 0.6 is 0 Å². The Bertz CT molecular complexity index is 1680. The topological polar surface area (TPSA) is 178 Å². The number of anilines is 1. The van der Waals surface area contributed by atoms with Crippen LogP contribution in [-0.4, -0.2) is 85.1 Å². The lowest BCUT2D eigenvalue weighted by Crippen LogP contribution is -2.47. The van der Waals surface area contributed by atoms with Crippen LogP contribution in [0, 0.1) is 5.92 Å². The van der Waals surface area contributed by atoms with Crippen molar-refractivity contribution in [2.24, 2.45) is 5.92 Å². The molecule has 0 spiro atoms. The molecular formula is C34H40N6O7. The van der Waals surface area contributed by atoms with Crippen LogP contribution in [0.5, 0.6) is 0 Å². The van der Waals surface area contributed by atoms with Gasteiger partial charge in [0.05, 0.1) is 25.5 Å². The fraction of sp³-hybridized carbons (Fsp3) is 0.412. The fourth-order valence-electron chi connectivity index (χ4n) is 5.69. The number of aliphatic hydroxyl groups excluding tert-OH is 2. The van der Waals surface area contributed by atoms with E-state index in [0.29, 0.717) is 12.1 Å². The van der Waals surface area contributed by atoms with E-state index in [1.807, 2.05) is 60.7 Å². The van der Waals surface area contributed by atoms with E-state index in [1.165, 1.54) is 20.4 Å². The molecule has 1 fully saturated rings. The average Bonchev–Trinajstić information content (AvgIpc) is 3.60. The number of methoxy groups -OCH3 is 1. The van der Waals surface area contributed by atoms with Crippen LogP contribution in [0.3, 0.4) is 0 Å². The number of hydrogen-bond donors (Lipinski definition) is 4. The van der Waals surface area contributed by atoms with Gasteiger partial charge in [-0.15, -0.1) is 0 Å². The molecule has 1 unspecified atom stereocenters. The van der Waals surface area contributed by atoms with Gasteiger partial charge in [-0.2, -0.15) is 0 Å². The standard InChI is InChI=1S/C34H40N6O7/c1-19(32(44)47-34(2,3)4)31(43)37-23-16-24(27(42)26(23)41)40-18-36-25-28(38-29(33(45)46-5)39-30(25)40)35-17-22(20-12-8-6-9-13-20)21-14-10-7-11-15-21/h6-15,18-19,22-24,26-27,41-42H,16-17H2,1-5H3,(H,37,43)(H,35,38,39)/t19?,23-,24+,26+,27-/m0/s1. The van der Waals surface area contributed by atoms with Crippen molar-refractivity contribution in [2.75, 3.05) is 19.0 Å². The fourth-order valence-corrected chi connectivity index (χ4v) is 5.69. The summed E-state index contributed by atoms with van der Waals surface area (Å²) >= 11 is 0. The molecule has 1 aliphatic carbocycles. The van der Waals surface area contributed by atoms with E-state index in [2.05, 4.69) is 25.6 Å². The summed E-state index contributed by atoms with van der Waals surface area (Å²) in [5.74, 6) is -3.23. The minimum atomic E-state index is -1.36. The van der Waals surface area contributed by atoms with Gasteiger partial charge in [-0.1, -0.05) is 60.7 Å². The van der Waals surface area contributed by atoms with Gasteiger partial charge in [-0.05, 0) is 45.2 Å². The third-order valence-corrected chi connectivity index (χ3v) is 8.16. The van der Waals surface area contributed by atoms with E-state index < -0.39 is 53.7 Å². The van der Waals surface area contributed by atoms with Crippen LogP contribution < -0.4 is 10.6 Å². The largest absolute Gasteiger partial charge is 0.463 e. The van der Waals surface area contributed by atoms with E-state index in [-0.39, 0.29) is 29.6 Å². The number of nitrogens with one attached hydrogen (secondary N) is 2. The average molecular weight is 645 g/mol. The lowest BCUT2D eigenvalue weighted by molar-refractivity contribution is -0.162. The Hall–Kier alpha value is -4.88. The Kier molecular flexibility index (Phi) is 9.87. The second-order valence-electron chi connectivity index (χ2n) is 12.6. The van der Waals surface area contributed by atoms with Gasteiger partial charge >= 0.3 is 11.9 Å². The smallest absolute Gasteiger partial charge is 0.376 e. The molecular weight excluding hydrogens is 604 g/mol. The highest BCUT2D eigenvalue weighted by molar-refractivity contribution is 5.97. The molecule has 2 aromatic carbocycles. The Balaban J connectivity index is 1.42. The van der Waals surface area contributed by atoms with Crippen LogP contribution in [0.4, 0.5) is 5.82 Å². The molecule has 1 amide bonds. The summed E-state index contributed by atoms with van der Waals surface area (Å²) in [5.41, 5.74) is 1.94. The summed E-state index contributed by atoms with van der Waals surface area (Å²) in [6, 6.07) is 18.3. The second kappa shape index (κ2) is 13.9. The van der Waals surface area contributed by atoms with Gasteiger partial charge in [-0.3, -0.25) is 9.59 Å². The van der Waals surface area contributed by atoms with Crippen molar-refractivity contribution in [3.63, 3.8) is 0 Å². The van der Waals surface area contributed by atoms with Crippen LogP contribution in [0.2, 0.25) is 0 Å². The summed E-state index contributed by atoms with van der Waals surface area (Å²) in [5, 5.41) is 28.1. The molecule has 5 atom stereocenters. The predicted molar refractivity (Wildman–Crippen MR) is 172 cm³/mol. The number of nitrogens with zero attached hydrogens (tertiary/aromatic N) is 4. The number of aromatic nitrogens is 4. The summed E-state index contributed by atoms with van der Waals surface area (Å²) in [4.78, 5) is 51.4. The maximum Gasteiger partial charge on any atom is 0.376 e. The van der Waals surface area contributed by atoms with Crippen LogP contribution in [-0.2, 0) is 19.1 Å². The van der Waals surface area contributed by atoms with Crippen molar-refractivity contribution in [2.45, 2.75) is 69.9 Å². The first-order chi connectivity index (χ1) is 22.4. The maximum absolute atomic E-state index is 12.9. The molecule has 4 N–H and O–H groups in total. The first kappa shape index (κ1) is 33.5. The number of carbonyl (C=O) groups is 3. The number of rotatable bonds is 10. The van der Waals surface area contributed by atoms with Crippen molar-refractivity contribution in [3.8, 4) is 0 Å². The number of aliphatic hydroxyl groups is 2. The Morgan fingerprint density at radius 2 is 1.60 bits per heavy atom. The van der Waals surface area contributed by atoms with Gasteiger partial charge in [0.15, 0.2) is 11.5 Å². The molecule has 0 aliphatic heterocycles. The van der Waals surface area contributed by atoms with Crippen molar-refractivity contribution < 1.29 is 34.1 Å². The van der Waals surface area contributed by atoms with E-state index in [4.69, 9.17) is 9.47 Å². The molecule has 4 aromatic rings. The van der Waals surface area contributed by atoms with Gasteiger partial charge in [0, 0.05) is 12.5 Å². The summed E-state index contributed by atoms with van der Waals surface area (Å²) < 4.78 is 11.8. The molecule has 47 heavy (non-hydrogen) atoms. The zero-order valence-corrected chi connectivity index (χ0v) is 27.0. The highest BCUT2D eigenvalue weighted by Gasteiger charge is 2.45. The number of esters is 2. The number of carbonyl (C=O) groups excluding carboxylic acids is 3. The molecule has 13 heteroatoms. The Morgan fingerprint density at radius 3 is 2.17 bits per heavy atom. The number of fused-ring (bicyclic) bond motifs is 1. The van der Waals surface area contributed by atoms with Crippen molar-refractivity contribution >= 4 is 34.8 Å². The quantitative estimate of drug-likeness (QED) is 0.147. The Labute approximate surface area is 272 Å². The third kappa shape index (κ3) is 7.42. The van der Waals surface area contributed by atoms with E-state index in [9.17, 15) is 24.6 Å². The first-order valence-corrected chi connectivity index (χ1v) is 15.4. The molecule has 13 nitrogen and oxygen atoms in total. The van der Waals surface area contributed by atoms with Crippen LogP contribution in [0.25, 0.3) is 11.2 Å². The van der Waals surface area contributed by atoms with Gasteiger partial charge in [-0.25, -0.2) is 19.7 Å².